The molecule has 0 saturated carbocycles. The molecule has 0 spiro atoms. The van der Waals surface area contributed by atoms with E-state index in [0.717, 1.165) is 47.5 Å². The van der Waals surface area contributed by atoms with Crippen molar-refractivity contribution in [2.45, 2.75) is 38.8 Å². The van der Waals surface area contributed by atoms with Crippen LogP contribution in [0.25, 0.3) is 11.1 Å². The monoisotopic (exact) mass is 424 g/mol. The van der Waals surface area contributed by atoms with Gasteiger partial charge >= 0.3 is 0 Å². The predicted octanol–water partition coefficient (Wildman–Crippen LogP) is 4.54. The third kappa shape index (κ3) is 6.45. The third-order valence-corrected chi connectivity index (χ3v) is 6.31. The fraction of sp³-hybridized carbons (Fsp3) is 0.417. The fourth-order valence-corrected chi connectivity index (χ4v) is 4.13. The predicted molar refractivity (Wildman–Crippen MR) is 125 cm³/mol. The fourth-order valence-electron chi connectivity index (χ4n) is 3.09. The Morgan fingerprint density at radius 2 is 2.10 bits per heavy atom. The van der Waals surface area contributed by atoms with Crippen molar-refractivity contribution in [3.05, 3.63) is 58.6 Å². The van der Waals surface area contributed by atoms with Gasteiger partial charge in [0.1, 0.15) is 6.29 Å². The molecule has 0 amide bonds. The van der Waals surface area contributed by atoms with Crippen LogP contribution in [-0.2, 0) is 4.79 Å². The molecule has 30 heavy (non-hydrogen) atoms. The maximum Gasteiger partial charge on any atom is 0.125 e. The first-order chi connectivity index (χ1) is 14.4. The van der Waals surface area contributed by atoms with Gasteiger partial charge in [-0.25, -0.2) is 0 Å². The number of carbonyl (C=O) groups is 1. The van der Waals surface area contributed by atoms with Crippen LogP contribution in [0.3, 0.4) is 0 Å². The highest BCUT2D eigenvalue weighted by Gasteiger charge is 2.25. The van der Waals surface area contributed by atoms with E-state index in [2.05, 4.69) is 48.6 Å². The Bertz CT molecular complexity index is 883. The minimum atomic E-state index is -0.185. The molecule has 0 bridgehead atoms. The average molecular weight is 425 g/mol. The van der Waals surface area contributed by atoms with Gasteiger partial charge in [-0.05, 0) is 61.0 Å². The van der Waals surface area contributed by atoms with Gasteiger partial charge in [-0.2, -0.15) is 5.26 Å². The van der Waals surface area contributed by atoms with Crippen LogP contribution in [0.5, 0.6) is 0 Å². The molecule has 0 aliphatic heterocycles. The number of hydrogen-bond acceptors (Lipinski definition) is 6. The molecule has 1 aromatic carbocycles. The highest BCUT2D eigenvalue weighted by molar-refractivity contribution is 7.10. The van der Waals surface area contributed by atoms with E-state index in [1.54, 1.807) is 17.4 Å². The van der Waals surface area contributed by atoms with Crippen LogP contribution in [0.4, 0.5) is 0 Å². The highest BCUT2D eigenvalue weighted by Crippen LogP contribution is 2.34. The normalized spacial score (nSPS) is 13.7. The first-order valence-electron chi connectivity index (χ1n) is 10.3. The van der Waals surface area contributed by atoms with E-state index in [1.165, 1.54) is 0 Å². The molecule has 0 fully saturated rings. The molecule has 160 valence electrons. The van der Waals surface area contributed by atoms with E-state index < -0.39 is 0 Å². The van der Waals surface area contributed by atoms with Gasteiger partial charge < -0.3 is 20.3 Å². The second-order valence-corrected chi connectivity index (χ2v) is 8.69. The molecule has 0 aliphatic rings. The zero-order valence-corrected chi connectivity index (χ0v) is 19.1. The summed E-state index contributed by atoms with van der Waals surface area (Å²) in [7, 11) is 3.86. The molecule has 6 heteroatoms. The van der Waals surface area contributed by atoms with E-state index in [0.29, 0.717) is 11.6 Å². The lowest BCUT2D eigenvalue weighted by Gasteiger charge is -2.28. The lowest BCUT2D eigenvalue weighted by molar-refractivity contribution is -0.112. The van der Waals surface area contributed by atoms with Gasteiger partial charge in [-0.1, -0.05) is 25.6 Å². The van der Waals surface area contributed by atoms with Crippen molar-refractivity contribution in [1.82, 2.24) is 15.5 Å². The summed E-state index contributed by atoms with van der Waals surface area (Å²) in [6.07, 6.45) is 2.85. The summed E-state index contributed by atoms with van der Waals surface area (Å²) in [5, 5.41) is 18.2. The minimum absolute atomic E-state index is 0.158. The average Bonchev–Trinajstić information content (AvgIpc) is 3.25. The standard InChI is InChI=1S/C24H32N4OS/c1-6-17(2)26-11-10-21(15-29)24(27-18(3)28(4)5)23-13-22(16-30-23)20-9-7-8-19(12-20)14-25/h7-9,12-13,15-17,21,24,26-27H,3,6,10-11H2,1-2,4-5H3. The zero-order chi connectivity index (χ0) is 22.1. The second-order valence-electron chi connectivity index (χ2n) is 7.75. The maximum absolute atomic E-state index is 12.0. The first kappa shape index (κ1) is 23.7. The third-order valence-electron chi connectivity index (χ3n) is 5.30. The van der Waals surface area contributed by atoms with Gasteiger partial charge in [0.2, 0.25) is 0 Å². The van der Waals surface area contributed by atoms with Gasteiger partial charge in [0.05, 0.1) is 23.5 Å². The van der Waals surface area contributed by atoms with Crippen molar-refractivity contribution in [3.8, 4) is 17.2 Å². The van der Waals surface area contributed by atoms with Crippen molar-refractivity contribution >= 4 is 17.6 Å². The largest absolute Gasteiger partial charge is 0.365 e. The summed E-state index contributed by atoms with van der Waals surface area (Å²) in [5.74, 6) is 0.582. The molecule has 0 radical (unpaired) electrons. The van der Waals surface area contributed by atoms with Crippen LogP contribution >= 0.6 is 11.3 Å². The van der Waals surface area contributed by atoms with Crippen molar-refractivity contribution < 1.29 is 4.79 Å². The maximum atomic E-state index is 12.0. The Kier molecular flexibility index (Phi) is 9.10. The van der Waals surface area contributed by atoms with Crippen molar-refractivity contribution in [2.24, 2.45) is 5.92 Å². The summed E-state index contributed by atoms with van der Waals surface area (Å²) in [4.78, 5) is 15.0. The second kappa shape index (κ2) is 11.5. The molecular formula is C24H32N4OS. The lowest BCUT2D eigenvalue weighted by atomic mass is 9.95. The number of benzene rings is 1. The summed E-state index contributed by atoms with van der Waals surface area (Å²) >= 11 is 1.62. The van der Waals surface area contributed by atoms with E-state index in [-0.39, 0.29) is 12.0 Å². The number of carbonyl (C=O) groups excluding carboxylic acids is 1. The molecule has 0 aliphatic carbocycles. The van der Waals surface area contributed by atoms with Crippen LogP contribution in [0.2, 0.25) is 0 Å². The number of nitrogens with one attached hydrogen (secondary N) is 2. The van der Waals surface area contributed by atoms with Crippen LogP contribution < -0.4 is 10.6 Å². The summed E-state index contributed by atoms with van der Waals surface area (Å²) in [5.41, 5.74) is 2.69. The van der Waals surface area contributed by atoms with Crippen molar-refractivity contribution in [3.63, 3.8) is 0 Å². The number of nitrogens with zero attached hydrogens (tertiary/aromatic N) is 2. The number of rotatable bonds is 12. The molecule has 1 heterocycles. The Labute approximate surface area is 184 Å². The van der Waals surface area contributed by atoms with Gasteiger partial charge in [-0.15, -0.1) is 11.3 Å². The summed E-state index contributed by atoms with van der Waals surface area (Å²) in [6.45, 7) is 9.18. The van der Waals surface area contributed by atoms with Crippen LogP contribution in [0.15, 0.2) is 48.1 Å². The van der Waals surface area contributed by atoms with Crippen molar-refractivity contribution in [1.29, 1.82) is 5.26 Å². The molecule has 1 aromatic heterocycles. The quantitative estimate of drug-likeness (QED) is 0.490. The summed E-state index contributed by atoms with van der Waals surface area (Å²) < 4.78 is 0. The number of aldehydes is 1. The molecule has 2 rings (SSSR count). The molecule has 3 unspecified atom stereocenters. The molecular weight excluding hydrogens is 392 g/mol. The number of hydrogen-bond donors (Lipinski definition) is 2. The Morgan fingerprint density at radius 3 is 2.73 bits per heavy atom. The van der Waals surface area contributed by atoms with Gasteiger partial charge in [0, 0.05) is 30.9 Å². The summed E-state index contributed by atoms with van der Waals surface area (Å²) in [6, 6.07) is 12.2. The highest BCUT2D eigenvalue weighted by atomic mass is 32.1. The molecule has 2 aromatic rings. The van der Waals surface area contributed by atoms with Gasteiger partial charge in [-0.3, -0.25) is 0 Å². The zero-order valence-electron chi connectivity index (χ0n) is 18.3. The Hall–Kier alpha value is -2.62. The molecule has 2 N–H and O–H groups in total. The SMILES string of the molecule is C=C(NC(c1cc(-c2cccc(C#N)c2)cs1)C(C=O)CCNC(C)CC)N(C)C. The number of thiophene rings is 1. The lowest BCUT2D eigenvalue weighted by Crippen LogP contribution is -2.35. The van der Waals surface area contributed by atoms with E-state index in [1.807, 2.05) is 37.2 Å². The van der Waals surface area contributed by atoms with E-state index in [9.17, 15) is 10.1 Å². The molecule has 3 atom stereocenters. The van der Waals surface area contributed by atoms with E-state index >= 15 is 0 Å². The topological polar surface area (TPSA) is 68.2 Å². The van der Waals surface area contributed by atoms with E-state index in [4.69, 9.17) is 0 Å². The number of nitriles is 1. The molecule has 5 nitrogen and oxygen atoms in total. The van der Waals surface area contributed by atoms with Gasteiger partial charge in [0.25, 0.3) is 0 Å². The van der Waals surface area contributed by atoms with Crippen molar-refractivity contribution in [2.75, 3.05) is 20.6 Å². The Morgan fingerprint density at radius 1 is 1.33 bits per heavy atom. The smallest absolute Gasteiger partial charge is 0.125 e. The van der Waals surface area contributed by atoms with Crippen LogP contribution in [0.1, 0.15) is 43.2 Å². The van der Waals surface area contributed by atoms with Crippen LogP contribution in [0, 0.1) is 17.2 Å². The first-order valence-corrected chi connectivity index (χ1v) is 11.2. The van der Waals surface area contributed by atoms with Crippen LogP contribution in [-0.4, -0.2) is 37.9 Å². The van der Waals surface area contributed by atoms with Gasteiger partial charge in [0.15, 0.2) is 0 Å². The minimum Gasteiger partial charge on any atom is -0.365 e. The molecule has 0 saturated heterocycles. The Balaban J connectivity index is 2.27.